The molecule has 0 unspecified atom stereocenters. The highest BCUT2D eigenvalue weighted by molar-refractivity contribution is 7.92. The van der Waals surface area contributed by atoms with Gasteiger partial charge in [0.05, 0.1) is 15.6 Å². The number of hydrogen-bond donors (Lipinski definition) is 2. The van der Waals surface area contributed by atoms with Gasteiger partial charge >= 0.3 is 0 Å². The molecule has 27 heavy (non-hydrogen) atoms. The molecule has 1 amide bonds. The van der Waals surface area contributed by atoms with E-state index in [0.29, 0.717) is 10.7 Å². The third kappa shape index (κ3) is 4.80. The summed E-state index contributed by atoms with van der Waals surface area (Å²) in [7, 11) is -3.90. The number of anilines is 2. The van der Waals surface area contributed by atoms with Gasteiger partial charge in [-0.25, -0.2) is 8.42 Å². The van der Waals surface area contributed by atoms with E-state index in [0.717, 1.165) is 0 Å². The molecule has 0 atom stereocenters. The van der Waals surface area contributed by atoms with Gasteiger partial charge in [-0.2, -0.15) is 0 Å². The summed E-state index contributed by atoms with van der Waals surface area (Å²) in [5, 5.41) is 3.51. The number of carbonyl (C=O) groups is 1. The zero-order valence-corrected chi connectivity index (χ0v) is 16.1. The molecule has 0 radical (unpaired) electrons. The van der Waals surface area contributed by atoms with Crippen LogP contribution in [0.3, 0.4) is 0 Å². The molecule has 5 nitrogen and oxygen atoms in total. The third-order valence-electron chi connectivity index (χ3n) is 3.63. The standard InChI is InChI=1S/C19H14Cl2N2O3S/c20-14-8-10-15(11-9-14)22-19(24)13-4-3-5-16(12-13)27(25,26)23-18-7-2-1-6-17(18)21/h1-12,23H,(H,22,24). The maximum Gasteiger partial charge on any atom is 0.261 e. The first kappa shape index (κ1) is 19.2. The lowest BCUT2D eigenvalue weighted by atomic mass is 10.2. The number of amides is 1. The van der Waals surface area contributed by atoms with Crippen LogP contribution in [0.5, 0.6) is 0 Å². The Kier molecular flexibility index (Phi) is 5.70. The Morgan fingerprint density at radius 2 is 1.56 bits per heavy atom. The Bertz CT molecular complexity index is 1080. The van der Waals surface area contributed by atoms with Crippen molar-refractivity contribution in [3.05, 3.63) is 88.4 Å². The molecule has 2 N–H and O–H groups in total. The highest BCUT2D eigenvalue weighted by Gasteiger charge is 2.17. The summed E-state index contributed by atoms with van der Waals surface area (Å²) in [6.07, 6.45) is 0. The van der Waals surface area contributed by atoms with Crippen LogP contribution >= 0.6 is 23.2 Å². The maximum atomic E-state index is 12.6. The molecule has 0 aliphatic heterocycles. The molecule has 8 heteroatoms. The van der Waals surface area contributed by atoms with Crippen molar-refractivity contribution < 1.29 is 13.2 Å². The van der Waals surface area contributed by atoms with Gasteiger partial charge in [-0.05, 0) is 54.6 Å². The fourth-order valence-corrected chi connectivity index (χ4v) is 3.78. The van der Waals surface area contributed by atoms with E-state index in [1.807, 2.05) is 0 Å². The van der Waals surface area contributed by atoms with Crippen LogP contribution in [0.4, 0.5) is 11.4 Å². The van der Waals surface area contributed by atoms with Crippen LogP contribution in [0.1, 0.15) is 10.4 Å². The molecule has 0 saturated heterocycles. The predicted octanol–water partition coefficient (Wildman–Crippen LogP) is 5.05. The van der Waals surface area contributed by atoms with Crippen molar-refractivity contribution in [3.8, 4) is 0 Å². The number of rotatable bonds is 5. The third-order valence-corrected chi connectivity index (χ3v) is 5.57. The van der Waals surface area contributed by atoms with E-state index in [1.165, 1.54) is 24.3 Å². The van der Waals surface area contributed by atoms with E-state index in [2.05, 4.69) is 10.0 Å². The van der Waals surface area contributed by atoms with Crippen molar-refractivity contribution in [2.24, 2.45) is 0 Å². The van der Waals surface area contributed by atoms with E-state index in [-0.39, 0.29) is 21.2 Å². The predicted molar refractivity (Wildman–Crippen MR) is 108 cm³/mol. The number of carbonyl (C=O) groups excluding carboxylic acids is 1. The molecule has 3 aromatic rings. The summed E-state index contributed by atoms with van der Waals surface area (Å²) in [4.78, 5) is 12.4. The lowest BCUT2D eigenvalue weighted by Gasteiger charge is -2.11. The molecule has 3 aromatic carbocycles. The Hall–Kier alpha value is -2.54. The summed E-state index contributed by atoms with van der Waals surface area (Å²) in [5.74, 6) is -0.438. The van der Waals surface area contributed by atoms with Gasteiger partial charge in [0, 0.05) is 16.3 Å². The summed E-state index contributed by atoms with van der Waals surface area (Å²) < 4.78 is 27.6. The number of sulfonamides is 1. The first-order chi connectivity index (χ1) is 12.8. The normalized spacial score (nSPS) is 11.0. The van der Waals surface area contributed by atoms with Crippen LogP contribution in [0.25, 0.3) is 0 Å². The first-order valence-corrected chi connectivity index (χ1v) is 10.0. The molecule has 0 saturated carbocycles. The fourth-order valence-electron chi connectivity index (χ4n) is 2.29. The maximum absolute atomic E-state index is 12.6. The smallest absolute Gasteiger partial charge is 0.261 e. The second-order valence-electron chi connectivity index (χ2n) is 5.57. The highest BCUT2D eigenvalue weighted by Crippen LogP contribution is 2.24. The van der Waals surface area contributed by atoms with Gasteiger partial charge in [-0.3, -0.25) is 9.52 Å². The topological polar surface area (TPSA) is 75.3 Å². The van der Waals surface area contributed by atoms with E-state index in [4.69, 9.17) is 23.2 Å². The van der Waals surface area contributed by atoms with E-state index < -0.39 is 15.9 Å². The van der Waals surface area contributed by atoms with Crippen molar-refractivity contribution in [2.45, 2.75) is 4.90 Å². The Morgan fingerprint density at radius 1 is 0.852 bits per heavy atom. The van der Waals surface area contributed by atoms with Gasteiger partial charge in [0.2, 0.25) is 0 Å². The minimum atomic E-state index is -3.90. The number of halogens is 2. The lowest BCUT2D eigenvalue weighted by Crippen LogP contribution is -2.16. The largest absolute Gasteiger partial charge is 0.322 e. The van der Waals surface area contributed by atoms with Gasteiger partial charge in [-0.1, -0.05) is 41.4 Å². The Labute approximate surface area is 167 Å². The molecule has 0 bridgehead atoms. The van der Waals surface area contributed by atoms with Crippen molar-refractivity contribution >= 4 is 50.5 Å². The molecule has 0 fully saturated rings. The van der Waals surface area contributed by atoms with Crippen molar-refractivity contribution in [1.29, 1.82) is 0 Å². The zero-order valence-electron chi connectivity index (χ0n) is 13.8. The lowest BCUT2D eigenvalue weighted by molar-refractivity contribution is 0.102. The van der Waals surface area contributed by atoms with Crippen LogP contribution in [0.2, 0.25) is 10.0 Å². The van der Waals surface area contributed by atoms with E-state index in [9.17, 15) is 13.2 Å². The molecule has 138 valence electrons. The molecule has 0 aromatic heterocycles. The summed E-state index contributed by atoms with van der Waals surface area (Å²) in [5.41, 5.74) is 1.01. The zero-order chi connectivity index (χ0) is 19.4. The molecular weight excluding hydrogens is 407 g/mol. The molecule has 0 spiro atoms. The van der Waals surface area contributed by atoms with Gasteiger partial charge in [0.1, 0.15) is 0 Å². The monoisotopic (exact) mass is 420 g/mol. The minimum absolute atomic E-state index is 0.0498. The van der Waals surface area contributed by atoms with Crippen LogP contribution in [-0.2, 0) is 10.0 Å². The van der Waals surface area contributed by atoms with Crippen molar-refractivity contribution in [2.75, 3.05) is 10.0 Å². The number of benzene rings is 3. The summed E-state index contributed by atoms with van der Waals surface area (Å²) >= 11 is 11.8. The van der Waals surface area contributed by atoms with E-state index >= 15 is 0 Å². The van der Waals surface area contributed by atoms with Gasteiger partial charge in [0.25, 0.3) is 15.9 Å². The quantitative estimate of drug-likeness (QED) is 0.606. The fraction of sp³-hybridized carbons (Fsp3) is 0. The van der Waals surface area contributed by atoms with Gasteiger partial charge in [-0.15, -0.1) is 0 Å². The molecule has 0 aliphatic rings. The van der Waals surface area contributed by atoms with Crippen LogP contribution < -0.4 is 10.0 Å². The second kappa shape index (κ2) is 8.00. The van der Waals surface area contributed by atoms with Crippen LogP contribution in [0, 0.1) is 0 Å². The average Bonchev–Trinajstić information content (AvgIpc) is 2.65. The molecular formula is C19H14Cl2N2O3S. The Balaban J connectivity index is 1.83. The van der Waals surface area contributed by atoms with Gasteiger partial charge < -0.3 is 5.32 Å². The minimum Gasteiger partial charge on any atom is -0.322 e. The first-order valence-electron chi connectivity index (χ1n) is 7.79. The Morgan fingerprint density at radius 3 is 2.26 bits per heavy atom. The number of hydrogen-bond acceptors (Lipinski definition) is 3. The number of nitrogens with one attached hydrogen (secondary N) is 2. The molecule has 0 heterocycles. The summed E-state index contributed by atoms with van der Waals surface area (Å²) in [6, 6.07) is 18.8. The van der Waals surface area contributed by atoms with Crippen LogP contribution in [-0.4, -0.2) is 14.3 Å². The van der Waals surface area contributed by atoms with Crippen molar-refractivity contribution in [3.63, 3.8) is 0 Å². The SMILES string of the molecule is O=C(Nc1ccc(Cl)cc1)c1cccc(S(=O)(=O)Nc2ccccc2Cl)c1. The van der Waals surface area contributed by atoms with Crippen LogP contribution in [0.15, 0.2) is 77.7 Å². The average molecular weight is 421 g/mol. The highest BCUT2D eigenvalue weighted by atomic mass is 35.5. The van der Waals surface area contributed by atoms with E-state index in [1.54, 1.807) is 48.5 Å². The summed E-state index contributed by atoms with van der Waals surface area (Å²) in [6.45, 7) is 0. The van der Waals surface area contributed by atoms with Gasteiger partial charge in [0.15, 0.2) is 0 Å². The molecule has 0 aliphatic carbocycles. The second-order valence-corrected chi connectivity index (χ2v) is 8.10. The molecule has 3 rings (SSSR count). The number of para-hydroxylation sites is 1. The van der Waals surface area contributed by atoms with Crippen molar-refractivity contribution in [1.82, 2.24) is 0 Å².